The molecule has 0 unspecified atom stereocenters. The number of rotatable bonds is 6. The fourth-order valence-corrected chi connectivity index (χ4v) is 3.70. The Morgan fingerprint density at radius 3 is 3.00 bits per heavy atom. The highest BCUT2D eigenvalue weighted by Crippen LogP contribution is 2.23. The van der Waals surface area contributed by atoms with Crippen molar-refractivity contribution in [2.24, 2.45) is 4.99 Å². The third kappa shape index (κ3) is 5.49. The molecule has 3 rings (SSSR count). The maximum absolute atomic E-state index is 5.33. The van der Waals surface area contributed by atoms with Crippen LogP contribution in [-0.4, -0.2) is 44.1 Å². The maximum Gasteiger partial charge on any atom is 0.191 e. The van der Waals surface area contributed by atoms with Gasteiger partial charge in [0.25, 0.3) is 0 Å². The van der Waals surface area contributed by atoms with E-state index in [2.05, 4.69) is 32.0 Å². The number of furan rings is 1. The second kappa shape index (κ2) is 10.0. The van der Waals surface area contributed by atoms with Gasteiger partial charge in [0.05, 0.1) is 6.26 Å². The van der Waals surface area contributed by atoms with E-state index >= 15 is 0 Å². The summed E-state index contributed by atoms with van der Waals surface area (Å²) in [5, 5.41) is 8.91. The molecule has 0 fully saturated rings. The number of hydrogen-bond acceptors (Lipinski definition) is 4. The Morgan fingerprint density at radius 2 is 2.21 bits per heavy atom. The minimum Gasteiger partial charge on any atom is -0.469 e. The summed E-state index contributed by atoms with van der Waals surface area (Å²) in [7, 11) is 1.81. The van der Waals surface area contributed by atoms with Crippen molar-refractivity contribution < 1.29 is 4.42 Å². The number of nitrogens with zero attached hydrogens (tertiary/aromatic N) is 2. The van der Waals surface area contributed by atoms with Crippen LogP contribution in [-0.2, 0) is 19.4 Å². The van der Waals surface area contributed by atoms with Gasteiger partial charge in [0, 0.05) is 51.1 Å². The molecule has 3 heterocycles. The lowest BCUT2D eigenvalue weighted by Gasteiger charge is -2.27. The van der Waals surface area contributed by atoms with Crippen LogP contribution < -0.4 is 10.6 Å². The Kier molecular flexibility index (Phi) is 8.07. The van der Waals surface area contributed by atoms with E-state index in [4.69, 9.17) is 4.42 Å². The van der Waals surface area contributed by atoms with E-state index < -0.39 is 0 Å². The summed E-state index contributed by atoms with van der Waals surface area (Å²) < 4.78 is 5.33. The molecule has 7 heteroatoms. The predicted octanol–water partition coefficient (Wildman–Crippen LogP) is 2.72. The van der Waals surface area contributed by atoms with Gasteiger partial charge in [-0.05, 0) is 35.6 Å². The molecule has 1 aliphatic rings. The molecule has 0 bridgehead atoms. The lowest BCUT2D eigenvalue weighted by molar-refractivity contribution is 0.260. The summed E-state index contributed by atoms with van der Waals surface area (Å²) in [5.41, 5.74) is 1.50. The van der Waals surface area contributed by atoms with Crippen LogP contribution in [0.1, 0.15) is 16.2 Å². The highest BCUT2D eigenvalue weighted by Gasteiger charge is 2.16. The molecule has 24 heavy (non-hydrogen) atoms. The highest BCUT2D eigenvalue weighted by atomic mass is 127. The molecular weight excluding hydrogens is 435 g/mol. The SMILES string of the molecule is CN=C(NCCc1ccco1)NCCN1CCc2sccc2C1.I. The van der Waals surface area contributed by atoms with Crippen LogP contribution in [0.4, 0.5) is 0 Å². The summed E-state index contributed by atoms with van der Waals surface area (Å²) in [6, 6.07) is 6.17. The van der Waals surface area contributed by atoms with Crippen LogP contribution in [0.25, 0.3) is 0 Å². The summed E-state index contributed by atoms with van der Waals surface area (Å²) in [6.45, 7) is 4.98. The Bertz CT molecular complexity index is 626. The third-order valence-corrected chi connectivity index (χ3v) is 5.10. The quantitative estimate of drug-likeness (QED) is 0.396. The van der Waals surface area contributed by atoms with Gasteiger partial charge >= 0.3 is 0 Å². The van der Waals surface area contributed by atoms with Gasteiger partial charge in [-0.25, -0.2) is 0 Å². The minimum absolute atomic E-state index is 0. The minimum atomic E-state index is 0. The molecule has 132 valence electrons. The highest BCUT2D eigenvalue weighted by molar-refractivity contribution is 14.0. The second-order valence-corrected chi connectivity index (χ2v) is 6.65. The zero-order valence-electron chi connectivity index (χ0n) is 14.0. The van der Waals surface area contributed by atoms with Crippen LogP contribution in [0.3, 0.4) is 0 Å². The van der Waals surface area contributed by atoms with Crippen molar-refractivity contribution in [3.63, 3.8) is 0 Å². The first-order valence-corrected chi connectivity index (χ1v) is 8.97. The molecule has 2 aromatic rings. The molecule has 0 aliphatic carbocycles. The van der Waals surface area contributed by atoms with Gasteiger partial charge in [-0.3, -0.25) is 9.89 Å². The van der Waals surface area contributed by atoms with Crippen LogP contribution in [0, 0.1) is 0 Å². The number of guanidine groups is 1. The average Bonchev–Trinajstić information content (AvgIpc) is 3.24. The molecule has 0 saturated carbocycles. The van der Waals surface area contributed by atoms with E-state index in [1.54, 1.807) is 18.2 Å². The number of halogens is 1. The van der Waals surface area contributed by atoms with Crippen molar-refractivity contribution in [3.05, 3.63) is 46.0 Å². The maximum atomic E-state index is 5.33. The van der Waals surface area contributed by atoms with Gasteiger partial charge in [-0.2, -0.15) is 0 Å². The largest absolute Gasteiger partial charge is 0.469 e. The van der Waals surface area contributed by atoms with Gasteiger partial charge in [-0.1, -0.05) is 0 Å². The Labute approximate surface area is 164 Å². The zero-order chi connectivity index (χ0) is 15.9. The summed E-state index contributed by atoms with van der Waals surface area (Å²) >= 11 is 1.89. The molecule has 0 atom stereocenters. The van der Waals surface area contributed by atoms with Crippen molar-refractivity contribution >= 4 is 41.3 Å². The zero-order valence-corrected chi connectivity index (χ0v) is 17.1. The third-order valence-electron chi connectivity index (χ3n) is 4.07. The molecular formula is C17H25IN4OS. The lowest BCUT2D eigenvalue weighted by Crippen LogP contribution is -2.43. The summed E-state index contributed by atoms with van der Waals surface area (Å²) in [4.78, 5) is 8.32. The van der Waals surface area contributed by atoms with Gasteiger partial charge in [0.2, 0.25) is 0 Å². The number of nitrogens with one attached hydrogen (secondary N) is 2. The van der Waals surface area contributed by atoms with Crippen molar-refractivity contribution in [2.75, 3.05) is 33.2 Å². The van der Waals surface area contributed by atoms with E-state index in [1.165, 1.54) is 12.0 Å². The van der Waals surface area contributed by atoms with Gasteiger partial charge in [0.15, 0.2) is 5.96 Å². The Morgan fingerprint density at radius 1 is 1.33 bits per heavy atom. The number of fused-ring (bicyclic) bond motifs is 1. The molecule has 0 spiro atoms. The van der Waals surface area contributed by atoms with E-state index in [9.17, 15) is 0 Å². The molecule has 0 amide bonds. The first-order chi connectivity index (χ1) is 11.3. The summed E-state index contributed by atoms with van der Waals surface area (Å²) in [6.07, 6.45) is 3.75. The van der Waals surface area contributed by atoms with Crippen LogP contribution in [0.15, 0.2) is 39.3 Å². The van der Waals surface area contributed by atoms with E-state index in [0.717, 1.165) is 50.9 Å². The molecule has 1 aliphatic heterocycles. The lowest BCUT2D eigenvalue weighted by atomic mass is 10.1. The average molecular weight is 460 g/mol. The molecule has 0 aromatic carbocycles. The fraction of sp³-hybridized carbons (Fsp3) is 0.471. The summed E-state index contributed by atoms with van der Waals surface area (Å²) in [5.74, 6) is 1.85. The van der Waals surface area contributed by atoms with Crippen LogP contribution >= 0.6 is 35.3 Å². The van der Waals surface area contributed by atoms with Gasteiger partial charge in [-0.15, -0.1) is 35.3 Å². The first kappa shape index (κ1) is 19.3. The van der Waals surface area contributed by atoms with Crippen molar-refractivity contribution in [1.82, 2.24) is 15.5 Å². The fourth-order valence-electron chi connectivity index (χ4n) is 2.81. The van der Waals surface area contributed by atoms with Crippen molar-refractivity contribution in [2.45, 2.75) is 19.4 Å². The molecule has 2 aromatic heterocycles. The second-order valence-electron chi connectivity index (χ2n) is 5.65. The number of aliphatic imine (C=N–C) groups is 1. The first-order valence-electron chi connectivity index (χ1n) is 8.09. The van der Waals surface area contributed by atoms with E-state index in [0.29, 0.717) is 0 Å². The molecule has 0 radical (unpaired) electrons. The smallest absolute Gasteiger partial charge is 0.191 e. The van der Waals surface area contributed by atoms with Crippen LogP contribution in [0.2, 0.25) is 0 Å². The van der Waals surface area contributed by atoms with Gasteiger partial charge in [0.1, 0.15) is 5.76 Å². The van der Waals surface area contributed by atoms with Gasteiger partial charge < -0.3 is 15.1 Å². The number of thiophene rings is 1. The van der Waals surface area contributed by atoms with Crippen molar-refractivity contribution in [3.8, 4) is 0 Å². The standard InChI is InChI=1S/C17H24N4OS.HI/c1-18-17(19-7-4-15-3-2-11-22-15)20-8-10-21-9-5-16-14(13-21)6-12-23-16;/h2-3,6,11-12H,4-5,7-10,13H2,1H3,(H2,18,19,20);1H. The molecule has 0 saturated heterocycles. The molecule has 2 N–H and O–H groups in total. The van der Waals surface area contributed by atoms with E-state index in [1.807, 2.05) is 23.5 Å². The Balaban J connectivity index is 0.00000208. The number of hydrogen-bond donors (Lipinski definition) is 2. The Hall–Kier alpha value is -1.06. The normalized spacial score (nSPS) is 14.8. The van der Waals surface area contributed by atoms with E-state index in [-0.39, 0.29) is 24.0 Å². The topological polar surface area (TPSA) is 52.8 Å². The predicted molar refractivity (Wildman–Crippen MR) is 110 cm³/mol. The van der Waals surface area contributed by atoms with Crippen LogP contribution in [0.5, 0.6) is 0 Å². The molecule has 5 nitrogen and oxygen atoms in total. The van der Waals surface area contributed by atoms with Crippen molar-refractivity contribution in [1.29, 1.82) is 0 Å². The monoisotopic (exact) mass is 460 g/mol.